The van der Waals surface area contributed by atoms with E-state index < -0.39 is 28.2 Å². The van der Waals surface area contributed by atoms with Crippen LogP contribution in [0.1, 0.15) is 30.5 Å². The van der Waals surface area contributed by atoms with Crippen molar-refractivity contribution < 1.29 is 24.4 Å². The van der Waals surface area contributed by atoms with E-state index in [4.69, 9.17) is 4.74 Å². The largest absolute Gasteiger partial charge is 0.500 e. The van der Waals surface area contributed by atoms with E-state index in [1.54, 1.807) is 0 Å². The Morgan fingerprint density at radius 3 is 2.37 bits per heavy atom. The standard InChI is InChI=1S/C20H22N4O6/c1-4-13-7-6-8-14(5-2)17(13)22-19(26)20(27)23-21-11-12-9-15(24(28)29)18(25)16(10-12)30-3/h6-11,25H,4-5H2,1-3H3,(H,22,26)(H,23,27)/b21-11+. The fourth-order valence-corrected chi connectivity index (χ4v) is 2.77. The summed E-state index contributed by atoms with van der Waals surface area (Å²) in [5, 5.41) is 27.0. The van der Waals surface area contributed by atoms with Crippen molar-refractivity contribution in [1.29, 1.82) is 0 Å². The van der Waals surface area contributed by atoms with Gasteiger partial charge >= 0.3 is 17.5 Å². The number of nitro benzene ring substituents is 1. The van der Waals surface area contributed by atoms with Gasteiger partial charge in [-0.25, -0.2) is 5.43 Å². The lowest BCUT2D eigenvalue weighted by molar-refractivity contribution is -0.386. The van der Waals surface area contributed by atoms with Gasteiger partial charge in [-0.2, -0.15) is 5.10 Å². The van der Waals surface area contributed by atoms with E-state index in [-0.39, 0.29) is 11.3 Å². The van der Waals surface area contributed by atoms with Crippen molar-refractivity contribution in [2.45, 2.75) is 26.7 Å². The fourth-order valence-electron chi connectivity index (χ4n) is 2.77. The number of nitrogens with one attached hydrogen (secondary N) is 2. The zero-order chi connectivity index (χ0) is 22.3. The Bertz CT molecular complexity index is 981. The molecule has 158 valence electrons. The van der Waals surface area contributed by atoms with Crippen LogP contribution in [-0.4, -0.2) is 35.2 Å². The molecular weight excluding hydrogens is 392 g/mol. The van der Waals surface area contributed by atoms with Crippen molar-refractivity contribution in [3.8, 4) is 11.5 Å². The first-order chi connectivity index (χ1) is 14.3. The molecule has 10 nitrogen and oxygen atoms in total. The van der Waals surface area contributed by atoms with Crippen LogP contribution in [-0.2, 0) is 22.4 Å². The van der Waals surface area contributed by atoms with Crippen LogP contribution in [0.15, 0.2) is 35.4 Å². The number of hydrogen-bond donors (Lipinski definition) is 3. The number of nitrogens with zero attached hydrogens (tertiary/aromatic N) is 2. The van der Waals surface area contributed by atoms with E-state index in [0.29, 0.717) is 18.5 Å². The molecule has 0 spiro atoms. The van der Waals surface area contributed by atoms with Gasteiger partial charge in [-0.05, 0) is 30.0 Å². The average Bonchev–Trinajstić information content (AvgIpc) is 2.74. The molecule has 10 heteroatoms. The lowest BCUT2D eigenvalue weighted by Gasteiger charge is -2.13. The number of anilines is 1. The van der Waals surface area contributed by atoms with Gasteiger partial charge in [0.15, 0.2) is 5.75 Å². The third-order valence-electron chi connectivity index (χ3n) is 4.32. The lowest BCUT2D eigenvalue weighted by atomic mass is 10.0. The summed E-state index contributed by atoms with van der Waals surface area (Å²) in [6, 6.07) is 7.98. The van der Waals surface area contributed by atoms with Gasteiger partial charge in [-0.15, -0.1) is 0 Å². The summed E-state index contributed by atoms with van der Waals surface area (Å²) in [5.74, 6) is -2.64. The minimum absolute atomic E-state index is 0.127. The van der Waals surface area contributed by atoms with Gasteiger partial charge in [0.1, 0.15) is 0 Å². The van der Waals surface area contributed by atoms with Crippen molar-refractivity contribution in [3.63, 3.8) is 0 Å². The van der Waals surface area contributed by atoms with Crippen molar-refractivity contribution in [2.24, 2.45) is 5.10 Å². The number of carbonyl (C=O) groups is 2. The molecule has 0 atom stereocenters. The Hall–Kier alpha value is -3.95. The van der Waals surface area contributed by atoms with Crippen molar-refractivity contribution >= 4 is 29.4 Å². The van der Waals surface area contributed by atoms with Gasteiger partial charge in [0.05, 0.1) is 18.2 Å². The number of amides is 2. The van der Waals surface area contributed by atoms with E-state index in [1.165, 1.54) is 13.2 Å². The SMILES string of the molecule is CCc1cccc(CC)c1NC(=O)C(=O)N/N=C/c1cc(OC)c(O)c([N+](=O)[O-])c1. The topological polar surface area (TPSA) is 143 Å². The molecule has 0 aliphatic carbocycles. The van der Waals surface area contributed by atoms with E-state index in [9.17, 15) is 24.8 Å². The Labute approximate surface area is 172 Å². The number of aromatic hydroxyl groups is 1. The highest BCUT2D eigenvalue weighted by molar-refractivity contribution is 6.39. The van der Waals surface area contributed by atoms with E-state index >= 15 is 0 Å². The number of rotatable bonds is 7. The van der Waals surface area contributed by atoms with Crippen LogP contribution in [0.2, 0.25) is 0 Å². The number of hydrogen-bond acceptors (Lipinski definition) is 7. The minimum Gasteiger partial charge on any atom is -0.500 e. The third-order valence-corrected chi connectivity index (χ3v) is 4.32. The number of ether oxygens (including phenoxy) is 1. The first-order valence-electron chi connectivity index (χ1n) is 9.12. The molecule has 0 heterocycles. The fraction of sp³-hybridized carbons (Fsp3) is 0.250. The maximum atomic E-state index is 12.2. The Kier molecular flexibility index (Phi) is 7.45. The normalized spacial score (nSPS) is 10.6. The maximum absolute atomic E-state index is 12.2. The monoisotopic (exact) mass is 414 g/mol. The lowest BCUT2D eigenvalue weighted by Crippen LogP contribution is -2.33. The van der Waals surface area contributed by atoms with E-state index in [2.05, 4.69) is 15.8 Å². The number of carbonyl (C=O) groups excluding carboxylic acids is 2. The zero-order valence-electron chi connectivity index (χ0n) is 16.8. The second-order valence-electron chi connectivity index (χ2n) is 6.16. The first-order valence-corrected chi connectivity index (χ1v) is 9.12. The van der Waals surface area contributed by atoms with Gasteiger partial charge in [0.2, 0.25) is 5.75 Å². The zero-order valence-corrected chi connectivity index (χ0v) is 16.8. The number of methoxy groups -OCH3 is 1. The molecule has 0 fully saturated rings. The van der Waals surface area contributed by atoms with E-state index in [1.807, 2.05) is 32.0 Å². The number of hydrazone groups is 1. The van der Waals surface area contributed by atoms with Crippen LogP contribution in [0.3, 0.4) is 0 Å². The van der Waals surface area contributed by atoms with Gasteiger partial charge in [-0.3, -0.25) is 19.7 Å². The van der Waals surface area contributed by atoms with Gasteiger partial charge in [0.25, 0.3) is 0 Å². The molecule has 0 radical (unpaired) electrons. The van der Waals surface area contributed by atoms with Crippen LogP contribution in [0.5, 0.6) is 11.5 Å². The molecule has 0 unspecified atom stereocenters. The smallest absolute Gasteiger partial charge is 0.329 e. The van der Waals surface area contributed by atoms with Gasteiger partial charge < -0.3 is 15.2 Å². The molecule has 3 N–H and O–H groups in total. The van der Waals surface area contributed by atoms with Crippen molar-refractivity contribution in [2.75, 3.05) is 12.4 Å². The average molecular weight is 414 g/mol. The van der Waals surface area contributed by atoms with Crippen molar-refractivity contribution in [3.05, 3.63) is 57.1 Å². The molecule has 0 saturated carbocycles. The molecule has 0 bridgehead atoms. The number of phenolic OH excluding ortho intramolecular Hbond substituents is 1. The van der Waals surface area contributed by atoms with Crippen LogP contribution in [0.4, 0.5) is 11.4 Å². The Morgan fingerprint density at radius 2 is 1.83 bits per heavy atom. The third kappa shape index (κ3) is 5.10. The summed E-state index contributed by atoms with van der Waals surface area (Å²) in [6.45, 7) is 3.89. The number of phenols is 1. The van der Waals surface area contributed by atoms with Gasteiger partial charge in [0, 0.05) is 17.3 Å². The molecule has 2 amide bonds. The molecule has 30 heavy (non-hydrogen) atoms. The molecule has 2 aromatic rings. The Morgan fingerprint density at radius 1 is 1.20 bits per heavy atom. The summed E-state index contributed by atoms with van der Waals surface area (Å²) in [6.07, 6.45) is 2.47. The van der Waals surface area contributed by atoms with Crippen LogP contribution in [0.25, 0.3) is 0 Å². The summed E-state index contributed by atoms with van der Waals surface area (Å²) in [7, 11) is 1.24. The van der Waals surface area contributed by atoms with Crippen LogP contribution >= 0.6 is 0 Å². The van der Waals surface area contributed by atoms with Crippen molar-refractivity contribution in [1.82, 2.24) is 5.43 Å². The summed E-state index contributed by atoms with van der Waals surface area (Å²) in [4.78, 5) is 34.6. The Balaban J connectivity index is 2.13. The van der Waals surface area contributed by atoms with Gasteiger partial charge in [-0.1, -0.05) is 32.0 Å². The predicted octanol–water partition coefficient (Wildman–Crippen LogP) is 2.52. The highest BCUT2D eigenvalue weighted by atomic mass is 16.6. The highest BCUT2D eigenvalue weighted by Crippen LogP contribution is 2.36. The van der Waals surface area contributed by atoms with E-state index in [0.717, 1.165) is 23.4 Å². The molecular formula is C20H22N4O6. The molecule has 2 aromatic carbocycles. The number of benzene rings is 2. The number of para-hydroxylation sites is 1. The second-order valence-corrected chi connectivity index (χ2v) is 6.16. The summed E-state index contributed by atoms with van der Waals surface area (Å²) < 4.78 is 4.88. The van der Waals surface area contributed by atoms with Crippen LogP contribution in [0, 0.1) is 10.1 Å². The molecule has 0 aromatic heterocycles. The molecule has 2 rings (SSSR count). The summed E-state index contributed by atoms with van der Waals surface area (Å²) >= 11 is 0. The summed E-state index contributed by atoms with van der Waals surface area (Å²) in [5.41, 5.74) is 4.09. The quantitative estimate of drug-likeness (QED) is 0.275. The number of nitro groups is 1. The minimum atomic E-state index is -1.00. The predicted molar refractivity (Wildman–Crippen MR) is 111 cm³/mol. The second kappa shape index (κ2) is 10.0. The highest BCUT2D eigenvalue weighted by Gasteiger charge is 2.20. The van der Waals surface area contributed by atoms with Crippen LogP contribution < -0.4 is 15.5 Å². The first kappa shape index (κ1) is 22.3. The molecule has 0 aliphatic heterocycles. The molecule has 0 aliphatic rings. The number of aryl methyl sites for hydroxylation is 2. The molecule has 0 saturated heterocycles. The maximum Gasteiger partial charge on any atom is 0.329 e.